The molecule has 0 saturated carbocycles. The minimum absolute atomic E-state index is 0.679. The largest absolute Gasteiger partial charge is 0.495 e. The van der Waals surface area contributed by atoms with Crippen LogP contribution in [0.5, 0.6) is 0 Å². The van der Waals surface area contributed by atoms with Crippen LogP contribution >= 0.6 is 0 Å². The molecule has 1 aromatic heterocycles. The monoisotopic (exact) mass is 150 g/mol. The van der Waals surface area contributed by atoms with Gasteiger partial charge in [-0.2, -0.15) is 0 Å². The van der Waals surface area contributed by atoms with Crippen molar-refractivity contribution in [1.82, 2.24) is 0 Å². The fourth-order valence-electron chi connectivity index (χ4n) is 0.825. The van der Waals surface area contributed by atoms with E-state index in [1.807, 2.05) is 30.6 Å². The van der Waals surface area contributed by atoms with Gasteiger partial charge in [-0.05, 0) is 0 Å². The van der Waals surface area contributed by atoms with E-state index in [-0.39, 0.29) is 0 Å². The van der Waals surface area contributed by atoms with Gasteiger partial charge in [-0.3, -0.25) is 0 Å². The molecule has 0 unspecified atom stereocenters. The van der Waals surface area contributed by atoms with Crippen LogP contribution in [0.3, 0.4) is 0 Å². The third-order valence-electron chi connectivity index (χ3n) is 1.36. The van der Waals surface area contributed by atoms with E-state index in [0.717, 1.165) is 6.54 Å². The zero-order valence-electron chi connectivity index (χ0n) is 6.44. The minimum atomic E-state index is 0.679. The third-order valence-corrected chi connectivity index (χ3v) is 1.36. The molecule has 2 nitrogen and oxygen atoms in total. The van der Waals surface area contributed by atoms with Crippen molar-refractivity contribution in [2.24, 2.45) is 0 Å². The molecule has 11 heavy (non-hydrogen) atoms. The van der Waals surface area contributed by atoms with Crippen LogP contribution in [0.15, 0.2) is 43.4 Å². The van der Waals surface area contributed by atoms with Gasteiger partial charge < -0.3 is 4.74 Å². The molecule has 1 rings (SSSR count). The third kappa shape index (κ3) is 2.85. The zero-order valence-corrected chi connectivity index (χ0v) is 6.44. The van der Waals surface area contributed by atoms with E-state index >= 15 is 0 Å². The maximum Gasteiger partial charge on any atom is 0.182 e. The first-order valence-electron chi connectivity index (χ1n) is 3.60. The fourth-order valence-corrected chi connectivity index (χ4v) is 0.825. The number of hydrogen-bond acceptors (Lipinski definition) is 1. The summed E-state index contributed by atoms with van der Waals surface area (Å²) in [5, 5.41) is 0. The highest BCUT2D eigenvalue weighted by molar-refractivity contribution is 4.83. The second-order valence-corrected chi connectivity index (χ2v) is 2.15. The lowest BCUT2D eigenvalue weighted by atomic mass is 10.5. The molecule has 0 radical (unpaired) electrons. The molecule has 0 amide bonds. The molecule has 0 N–H and O–H groups in total. The van der Waals surface area contributed by atoms with Crippen LogP contribution in [0, 0.1) is 0 Å². The number of aromatic nitrogens is 1. The van der Waals surface area contributed by atoms with Crippen molar-refractivity contribution in [2.45, 2.75) is 6.54 Å². The van der Waals surface area contributed by atoms with E-state index in [1.165, 1.54) is 6.26 Å². The Balaban J connectivity index is 2.33. The van der Waals surface area contributed by atoms with Crippen molar-refractivity contribution < 1.29 is 9.30 Å². The smallest absolute Gasteiger partial charge is 0.182 e. The number of ether oxygens (including phenoxy) is 1. The lowest BCUT2D eigenvalue weighted by Gasteiger charge is -1.95. The van der Waals surface area contributed by atoms with Crippen LogP contribution in [0.2, 0.25) is 0 Å². The van der Waals surface area contributed by atoms with E-state index in [0.29, 0.717) is 6.61 Å². The Bertz CT molecular complexity index is 208. The molecular formula is C9H12NO+. The van der Waals surface area contributed by atoms with Crippen LogP contribution in [-0.4, -0.2) is 6.61 Å². The normalized spacial score (nSPS) is 9.09. The molecule has 2 heteroatoms. The average Bonchev–Trinajstić information content (AvgIpc) is 2.07. The molecule has 1 heterocycles. The predicted molar refractivity (Wildman–Crippen MR) is 42.8 cm³/mol. The molecule has 0 saturated heterocycles. The molecule has 0 aliphatic rings. The predicted octanol–water partition coefficient (Wildman–Crippen LogP) is 1.13. The van der Waals surface area contributed by atoms with Crippen molar-refractivity contribution in [3.05, 3.63) is 43.4 Å². The Morgan fingerprint density at radius 1 is 1.27 bits per heavy atom. The average molecular weight is 150 g/mol. The van der Waals surface area contributed by atoms with Crippen LogP contribution in [-0.2, 0) is 11.3 Å². The Morgan fingerprint density at radius 2 is 2.00 bits per heavy atom. The molecule has 0 spiro atoms. The molecule has 0 bridgehead atoms. The quantitative estimate of drug-likeness (QED) is 0.356. The summed E-state index contributed by atoms with van der Waals surface area (Å²) in [4.78, 5) is 0. The van der Waals surface area contributed by atoms with Gasteiger partial charge in [-0.25, -0.2) is 4.57 Å². The lowest BCUT2D eigenvalue weighted by molar-refractivity contribution is -0.698. The first kappa shape index (κ1) is 7.79. The molecule has 0 aromatic carbocycles. The summed E-state index contributed by atoms with van der Waals surface area (Å²) in [6.07, 6.45) is 5.47. The van der Waals surface area contributed by atoms with Gasteiger partial charge in [0, 0.05) is 12.1 Å². The van der Waals surface area contributed by atoms with Crippen LogP contribution in [0.4, 0.5) is 0 Å². The van der Waals surface area contributed by atoms with Gasteiger partial charge in [0.15, 0.2) is 18.9 Å². The lowest BCUT2D eigenvalue weighted by Crippen LogP contribution is -2.34. The summed E-state index contributed by atoms with van der Waals surface area (Å²) in [6.45, 7) is 5.01. The Hall–Kier alpha value is -1.31. The van der Waals surface area contributed by atoms with Crippen molar-refractivity contribution in [1.29, 1.82) is 0 Å². The first-order valence-corrected chi connectivity index (χ1v) is 3.60. The highest BCUT2D eigenvalue weighted by Gasteiger charge is 1.94. The maximum absolute atomic E-state index is 4.98. The summed E-state index contributed by atoms with van der Waals surface area (Å²) in [7, 11) is 0. The van der Waals surface area contributed by atoms with Gasteiger partial charge >= 0.3 is 0 Å². The van der Waals surface area contributed by atoms with Crippen LogP contribution in [0.1, 0.15) is 0 Å². The van der Waals surface area contributed by atoms with E-state index in [1.54, 1.807) is 0 Å². The molecule has 0 fully saturated rings. The summed E-state index contributed by atoms with van der Waals surface area (Å²) in [5.41, 5.74) is 0. The highest BCUT2D eigenvalue weighted by atomic mass is 16.5. The molecule has 0 aliphatic heterocycles. The van der Waals surface area contributed by atoms with Crippen molar-refractivity contribution in [3.8, 4) is 0 Å². The van der Waals surface area contributed by atoms with Gasteiger partial charge in [0.1, 0.15) is 6.61 Å². The second-order valence-electron chi connectivity index (χ2n) is 2.15. The number of rotatable bonds is 4. The zero-order chi connectivity index (χ0) is 7.94. The van der Waals surface area contributed by atoms with E-state index in [2.05, 4.69) is 11.1 Å². The van der Waals surface area contributed by atoms with E-state index in [4.69, 9.17) is 4.74 Å². The number of nitrogens with zero attached hydrogens (tertiary/aromatic N) is 1. The minimum Gasteiger partial charge on any atom is -0.495 e. The van der Waals surface area contributed by atoms with Crippen molar-refractivity contribution >= 4 is 0 Å². The Morgan fingerprint density at radius 3 is 2.64 bits per heavy atom. The number of pyridine rings is 1. The van der Waals surface area contributed by atoms with E-state index in [9.17, 15) is 0 Å². The Labute approximate surface area is 66.7 Å². The molecule has 1 aromatic rings. The molecular weight excluding hydrogens is 138 g/mol. The molecule has 58 valence electrons. The Kier molecular flexibility index (Phi) is 3.19. The van der Waals surface area contributed by atoms with Gasteiger partial charge in [-0.15, -0.1) is 0 Å². The van der Waals surface area contributed by atoms with E-state index < -0.39 is 0 Å². The summed E-state index contributed by atoms with van der Waals surface area (Å²) < 4.78 is 7.04. The van der Waals surface area contributed by atoms with Gasteiger partial charge in [0.25, 0.3) is 0 Å². The summed E-state index contributed by atoms with van der Waals surface area (Å²) in [5.74, 6) is 0. The summed E-state index contributed by atoms with van der Waals surface area (Å²) in [6, 6.07) is 5.98. The van der Waals surface area contributed by atoms with Gasteiger partial charge in [-0.1, -0.05) is 12.6 Å². The van der Waals surface area contributed by atoms with Gasteiger partial charge in [0.05, 0.1) is 6.26 Å². The SMILES string of the molecule is C=COCC[n+]1ccccc1. The van der Waals surface area contributed by atoms with Crippen LogP contribution < -0.4 is 4.57 Å². The summed E-state index contributed by atoms with van der Waals surface area (Å²) >= 11 is 0. The first-order chi connectivity index (χ1) is 5.43. The molecule has 0 aliphatic carbocycles. The highest BCUT2D eigenvalue weighted by Crippen LogP contribution is 1.78. The van der Waals surface area contributed by atoms with Crippen molar-refractivity contribution in [3.63, 3.8) is 0 Å². The maximum atomic E-state index is 4.98. The number of hydrogen-bond donors (Lipinski definition) is 0. The molecule has 0 atom stereocenters. The topological polar surface area (TPSA) is 13.1 Å². The van der Waals surface area contributed by atoms with Gasteiger partial charge in [0.2, 0.25) is 0 Å². The van der Waals surface area contributed by atoms with Crippen molar-refractivity contribution in [2.75, 3.05) is 6.61 Å². The fraction of sp³-hybridized carbons (Fsp3) is 0.222. The van der Waals surface area contributed by atoms with Crippen LogP contribution in [0.25, 0.3) is 0 Å². The second kappa shape index (κ2) is 4.50. The standard InChI is InChI=1S/C9H12NO/c1-2-11-9-8-10-6-4-3-5-7-10/h2-7H,1,8-9H2/q+1.